The summed E-state index contributed by atoms with van der Waals surface area (Å²) in [5.74, 6) is 0.614. The lowest BCUT2D eigenvalue weighted by molar-refractivity contribution is -0.118. The third kappa shape index (κ3) is 7.67. The van der Waals surface area contributed by atoms with Gasteiger partial charge in [-0.05, 0) is 47.5 Å². The first-order chi connectivity index (χ1) is 15.5. The van der Waals surface area contributed by atoms with E-state index >= 15 is 0 Å². The van der Waals surface area contributed by atoms with E-state index in [0.717, 1.165) is 30.4 Å². The normalized spacial score (nSPS) is 10.7. The van der Waals surface area contributed by atoms with Gasteiger partial charge in [-0.15, -0.1) is 0 Å². The highest BCUT2D eigenvalue weighted by Crippen LogP contribution is 2.14. The van der Waals surface area contributed by atoms with E-state index in [4.69, 9.17) is 4.74 Å². The predicted octanol–water partition coefficient (Wildman–Crippen LogP) is 5.93. The Kier molecular flexibility index (Phi) is 9.09. The van der Waals surface area contributed by atoms with Crippen molar-refractivity contribution in [3.05, 3.63) is 95.3 Å². The van der Waals surface area contributed by atoms with Gasteiger partial charge in [0.15, 0.2) is 6.71 Å². The number of Topliss-reactive ketones (excluding diaryl/α,β-unsaturated/α-hetero) is 1. The Morgan fingerprint density at radius 1 is 0.844 bits per heavy atom. The van der Waals surface area contributed by atoms with Crippen LogP contribution in [0.15, 0.2) is 72.8 Å². The zero-order valence-electron chi connectivity index (χ0n) is 19.1. The first-order valence-electron chi connectivity index (χ1n) is 11.6. The summed E-state index contributed by atoms with van der Waals surface area (Å²) in [5, 5.41) is 0. The van der Waals surface area contributed by atoms with Crippen LogP contribution in [0.4, 0.5) is 4.39 Å². The fourth-order valence-corrected chi connectivity index (χ4v) is 3.86. The van der Waals surface area contributed by atoms with E-state index in [2.05, 4.69) is 30.3 Å². The maximum atomic E-state index is 14.1. The number of rotatable bonds is 12. The molecule has 0 unspecified atom stereocenters. The molecule has 0 aliphatic rings. The summed E-state index contributed by atoms with van der Waals surface area (Å²) < 4.78 is 19.9. The van der Waals surface area contributed by atoms with Crippen LogP contribution >= 0.6 is 0 Å². The molecule has 0 aliphatic heterocycles. The van der Waals surface area contributed by atoms with Gasteiger partial charge in [-0.3, -0.25) is 4.79 Å². The van der Waals surface area contributed by atoms with Crippen LogP contribution in [0.25, 0.3) is 0 Å². The van der Waals surface area contributed by atoms with Crippen LogP contribution < -0.4 is 10.2 Å². The zero-order chi connectivity index (χ0) is 22.8. The highest BCUT2D eigenvalue weighted by atomic mass is 19.1. The number of unbranched alkanes of at least 4 members (excludes halogenated alkanes) is 1. The summed E-state index contributed by atoms with van der Waals surface area (Å²) >= 11 is 0. The van der Waals surface area contributed by atoms with Crippen molar-refractivity contribution in [1.82, 2.24) is 0 Å². The Morgan fingerprint density at radius 3 is 2.34 bits per heavy atom. The maximum Gasteiger partial charge on any atom is 0.173 e. The van der Waals surface area contributed by atoms with Crippen LogP contribution in [0.5, 0.6) is 5.75 Å². The fraction of sp³-hybridized carbons (Fsp3) is 0.321. The van der Waals surface area contributed by atoms with E-state index < -0.39 is 0 Å². The van der Waals surface area contributed by atoms with Crippen molar-refractivity contribution >= 4 is 18.0 Å². The van der Waals surface area contributed by atoms with Gasteiger partial charge in [-0.1, -0.05) is 74.3 Å². The number of ether oxygens (including phenoxy) is 1. The zero-order valence-corrected chi connectivity index (χ0v) is 19.1. The van der Waals surface area contributed by atoms with Crippen molar-refractivity contribution < 1.29 is 13.9 Å². The predicted molar refractivity (Wildman–Crippen MR) is 132 cm³/mol. The lowest BCUT2D eigenvalue weighted by Gasteiger charge is -2.10. The van der Waals surface area contributed by atoms with Gasteiger partial charge >= 0.3 is 0 Å². The molecule has 0 radical (unpaired) electrons. The minimum Gasteiger partial charge on any atom is -0.493 e. The van der Waals surface area contributed by atoms with Crippen molar-refractivity contribution in [1.29, 1.82) is 0 Å². The second kappa shape index (κ2) is 12.2. The molecule has 0 aromatic heterocycles. The molecular weight excluding hydrogens is 398 g/mol. The van der Waals surface area contributed by atoms with Gasteiger partial charge in [-0.25, -0.2) is 4.39 Å². The first kappa shape index (κ1) is 23.8. The van der Waals surface area contributed by atoms with Crippen molar-refractivity contribution in [3.63, 3.8) is 0 Å². The summed E-state index contributed by atoms with van der Waals surface area (Å²) in [6.07, 6.45) is 4.79. The fourth-order valence-electron chi connectivity index (χ4n) is 3.86. The van der Waals surface area contributed by atoms with E-state index in [-0.39, 0.29) is 18.3 Å². The summed E-state index contributed by atoms with van der Waals surface area (Å²) in [6.45, 7) is 4.57. The highest BCUT2D eigenvalue weighted by molar-refractivity contribution is 6.70. The van der Waals surface area contributed by atoms with E-state index in [1.807, 2.05) is 44.0 Å². The highest BCUT2D eigenvalue weighted by Gasteiger charge is 2.10. The summed E-state index contributed by atoms with van der Waals surface area (Å²) in [7, 11) is 0. The monoisotopic (exact) mass is 430 g/mol. The molecule has 3 aromatic carbocycles. The van der Waals surface area contributed by atoms with Crippen LogP contribution in [-0.4, -0.2) is 19.1 Å². The Morgan fingerprint density at radius 2 is 1.59 bits per heavy atom. The number of benzene rings is 3. The van der Waals surface area contributed by atoms with Crippen LogP contribution in [0.3, 0.4) is 0 Å². The first-order valence-corrected chi connectivity index (χ1v) is 11.6. The van der Waals surface area contributed by atoms with E-state index in [1.165, 1.54) is 11.6 Å². The molecular formula is C28H32BFO2. The van der Waals surface area contributed by atoms with Crippen LogP contribution in [0, 0.1) is 5.82 Å². The lowest BCUT2D eigenvalue weighted by Crippen LogP contribution is -2.25. The molecule has 4 heteroatoms. The smallest absolute Gasteiger partial charge is 0.173 e. The second-order valence-electron chi connectivity index (χ2n) is 8.66. The summed E-state index contributed by atoms with van der Waals surface area (Å²) in [4.78, 5) is 12.4. The molecule has 0 amide bonds. The van der Waals surface area contributed by atoms with Gasteiger partial charge in [0.05, 0.1) is 6.61 Å². The summed E-state index contributed by atoms with van der Waals surface area (Å²) in [5.41, 5.74) is 4.20. The number of hydrogen-bond acceptors (Lipinski definition) is 2. The Bertz CT molecular complexity index is 1000. The number of halogens is 1. The average molecular weight is 430 g/mol. The molecule has 166 valence electrons. The van der Waals surface area contributed by atoms with Crippen molar-refractivity contribution in [3.8, 4) is 5.75 Å². The van der Waals surface area contributed by atoms with Gasteiger partial charge in [-0.2, -0.15) is 0 Å². The number of carbonyl (C=O) groups excluding carboxylic acids is 1. The van der Waals surface area contributed by atoms with Crippen LogP contribution in [0.2, 0.25) is 13.6 Å². The quantitative estimate of drug-likeness (QED) is 0.263. The minimum atomic E-state index is -0.221. The average Bonchev–Trinajstić information content (AvgIpc) is 2.77. The van der Waals surface area contributed by atoms with E-state index in [9.17, 15) is 9.18 Å². The Labute approximate surface area is 191 Å². The van der Waals surface area contributed by atoms with Crippen molar-refractivity contribution in [2.45, 2.75) is 52.2 Å². The molecule has 0 saturated carbocycles. The third-order valence-corrected chi connectivity index (χ3v) is 5.66. The molecule has 0 N–H and O–H groups in total. The van der Waals surface area contributed by atoms with Gasteiger partial charge in [0, 0.05) is 25.3 Å². The topological polar surface area (TPSA) is 26.3 Å². The van der Waals surface area contributed by atoms with E-state index in [0.29, 0.717) is 37.1 Å². The minimum absolute atomic E-state index is 0.151. The van der Waals surface area contributed by atoms with Crippen molar-refractivity contribution in [2.24, 2.45) is 0 Å². The summed E-state index contributed by atoms with van der Waals surface area (Å²) in [6, 6.07) is 23.6. The molecule has 0 bridgehead atoms. The molecule has 0 spiro atoms. The SMILES string of the molecule is CB(C)c1ccc(OCCc2cccc(CC(=O)CCCCc3ccccc3)c2)cc1F. The number of hydrogen-bond donors (Lipinski definition) is 0. The van der Waals surface area contributed by atoms with Gasteiger partial charge < -0.3 is 4.74 Å². The van der Waals surface area contributed by atoms with E-state index in [1.54, 1.807) is 6.07 Å². The van der Waals surface area contributed by atoms with Gasteiger partial charge in [0.1, 0.15) is 17.3 Å². The third-order valence-electron chi connectivity index (χ3n) is 5.66. The Balaban J connectivity index is 1.40. The molecule has 0 heterocycles. The molecule has 32 heavy (non-hydrogen) atoms. The number of carbonyl (C=O) groups is 1. The van der Waals surface area contributed by atoms with Gasteiger partial charge in [0.2, 0.25) is 0 Å². The van der Waals surface area contributed by atoms with Crippen LogP contribution in [-0.2, 0) is 24.1 Å². The molecule has 0 fully saturated rings. The molecule has 0 aliphatic carbocycles. The second-order valence-corrected chi connectivity index (χ2v) is 8.66. The number of aryl methyl sites for hydroxylation is 1. The van der Waals surface area contributed by atoms with Crippen molar-refractivity contribution in [2.75, 3.05) is 6.61 Å². The standard InChI is InChI=1S/C28H32BFO2/c1-29(2)27-16-15-26(21-28(27)30)32-18-17-23-12-8-13-24(19-23)20-25(31)14-7-6-11-22-9-4-3-5-10-22/h3-5,8-10,12-13,15-16,19,21H,6-7,11,14,17-18,20H2,1-2H3. The maximum absolute atomic E-state index is 14.1. The number of ketones is 1. The molecule has 3 aromatic rings. The van der Waals surface area contributed by atoms with Gasteiger partial charge in [0.25, 0.3) is 0 Å². The molecule has 3 rings (SSSR count). The van der Waals surface area contributed by atoms with Crippen LogP contribution in [0.1, 0.15) is 36.0 Å². The molecule has 0 atom stereocenters. The molecule has 0 saturated heterocycles. The largest absolute Gasteiger partial charge is 0.493 e. The lowest BCUT2D eigenvalue weighted by atomic mass is 9.49. The molecule has 2 nitrogen and oxygen atoms in total. The Hall–Kier alpha value is -2.88.